The summed E-state index contributed by atoms with van der Waals surface area (Å²) in [6, 6.07) is 4.86. The number of aromatic carboxylic acids is 1. The molecule has 17 heavy (non-hydrogen) atoms. The molecule has 0 saturated heterocycles. The molecule has 1 aromatic heterocycles. The lowest BCUT2D eigenvalue weighted by molar-refractivity contribution is 0.0699. The molecule has 0 amide bonds. The smallest absolute Gasteiger partial charge is 0.337 e. The second-order valence-corrected chi connectivity index (χ2v) is 4.39. The Balaban J connectivity index is 2.83. The molecular weight excluding hydrogens is 240 g/mol. The molecule has 0 bridgehead atoms. The zero-order valence-electron chi connectivity index (χ0n) is 9.44. The highest BCUT2D eigenvalue weighted by atomic mass is 35.5. The third-order valence-electron chi connectivity index (χ3n) is 2.44. The summed E-state index contributed by atoms with van der Waals surface area (Å²) in [5, 5.41) is 9.96. The first-order chi connectivity index (χ1) is 8.00. The number of carbonyl (C=O) groups is 1. The van der Waals surface area contributed by atoms with Crippen molar-refractivity contribution in [3.63, 3.8) is 0 Å². The van der Waals surface area contributed by atoms with E-state index in [0.717, 1.165) is 0 Å². The molecule has 0 unspecified atom stereocenters. The number of rotatable bonds is 2. The molecule has 1 N–H and O–H groups in total. The largest absolute Gasteiger partial charge is 0.478 e. The van der Waals surface area contributed by atoms with Crippen LogP contribution in [0.3, 0.4) is 0 Å². The zero-order chi connectivity index (χ0) is 12.6. The van der Waals surface area contributed by atoms with Gasteiger partial charge in [0, 0.05) is 11.3 Å². The predicted molar refractivity (Wildman–Crippen MR) is 65.6 cm³/mol. The Bertz CT molecular complexity index is 596. The number of nitrogens with zero attached hydrogens (tertiary/aromatic N) is 2. The Labute approximate surface area is 103 Å². The van der Waals surface area contributed by atoms with Crippen LogP contribution in [0.15, 0.2) is 18.2 Å². The first-order valence-electron chi connectivity index (χ1n) is 5.20. The average Bonchev–Trinajstić information content (AvgIpc) is 2.27. The third-order valence-corrected chi connectivity index (χ3v) is 2.73. The Hall–Kier alpha value is -1.68. The van der Waals surface area contributed by atoms with Crippen LogP contribution in [0.1, 0.15) is 35.9 Å². The topological polar surface area (TPSA) is 63.1 Å². The van der Waals surface area contributed by atoms with Gasteiger partial charge in [-0.1, -0.05) is 31.5 Å². The molecule has 0 aliphatic rings. The van der Waals surface area contributed by atoms with Crippen LogP contribution in [-0.2, 0) is 0 Å². The van der Waals surface area contributed by atoms with Crippen LogP contribution in [0, 0.1) is 0 Å². The van der Waals surface area contributed by atoms with E-state index < -0.39 is 5.97 Å². The van der Waals surface area contributed by atoms with Gasteiger partial charge in [-0.15, -0.1) is 0 Å². The zero-order valence-corrected chi connectivity index (χ0v) is 10.2. The number of aromatic nitrogens is 2. The van der Waals surface area contributed by atoms with Crippen molar-refractivity contribution < 1.29 is 9.90 Å². The Morgan fingerprint density at radius 2 is 2.06 bits per heavy atom. The molecule has 0 spiro atoms. The van der Waals surface area contributed by atoms with Gasteiger partial charge in [0.2, 0.25) is 0 Å². The molecule has 0 radical (unpaired) electrons. The van der Waals surface area contributed by atoms with Crippen molar-refractivity contribution in [3.8, 4) is 0 Å². The van der Waals surface area contributed by atoms with E-state index in [0.29, 0.717) is 21.9 Å². The molecule has 2 aromatic rings. The number of carboxylic acid groups (broad SMARTS) is 1. The van der Waals surface area contributed by atoms with Crippen LogP contribution in [0.5, 0.6) is 0 Å². The van der Waals surface area contributed by atoms with Gasteiger partial charge in [-0.25, -0.2) is 14.8 Å². The van der Waals surface area contributed by atoms with Crippen LogP contribution < -0.4 is 0 Å². The number of para-hydroxylation sites is 1. The molecule has 0 fully saturated rings. The van der Waals surface area contributed by atoms with Gasteiger partial charge in [0.15, 0.2) is 0 Å². The summed E-state index contributed by atoms with van der Waals surface area (Å²) < 4.78 is 0. The summed E-state index contributed by atoms with van der Waals surface area (Å²) in [6.07, 6.45) is 0. The lowest BCUT2D eigenvalue weighted by atomic mass is 10.1. The highest BCUT2D eigenvalue weighted by Gasteiger charge is 2.14. The number of halogens is 1. The maximum atomic E-state index is 11.1. The fourth-order valence-corrected chi connectivity index (χ4v) is 1.80. The van der Waals surface area contributed by atoms with Crippen LogP contribution in [-0.4, -0.2) is 21.0 Å². The van der Waals surface area contributed by atoms with Gasteiger partial charge in [0.05, 0.1) is 11.1 Å². The lowest BCUT2D eigenvalue weighted by Gasteiger charge is -2.08. The minimum absolute atomic E-state index is 0.0961. The Kier molecular flexibility index (Phi) is 2.98. The average molecular weight is 251 g/mol. The van der Waals surface area contributed by atoms with Gasteiger partial charge in [0.25, 0.3) is 0 Å². The number of hydrogen-bond donors (Lipinski definition) is 1. The molecule has 5 heteroatoms. The van der Waals surface area contributed by atoms with E-state index >= 15 is 0 Å². The van der Waals surface area contributed by atoms with E-state index in [1.54, 1.807) is 12.1 Å². The van der Waals surface area contributed by atoms with E-state index in [-0.39, 0.29) is 11.5 Å². The summed E-state index contributed by atoms with van der Waals surface area (Å²) in [5.74, 6) is -0.366. The van der Waals surface area contributed by atoms with E-state index in [2.05, 4.69) is 9.97 Å². The summed E-state index contributed by atoms with van der Waals surface area (Å²) >= 11 is 6.04. The van der Waals surface area contributed by atoms with E-state index in [1.165, 1.54) is 6.07 Å². The van der Waals surface area contributed by atoms with E-state index in [4.69, 9.17) is 16.7 Å². The highest BCUT2D eigenvalue weighted by Crippen LogP contribution is 2.25. The lowest BCUT2D eigenvalue weighted by Crippen LogP contribution is -2.04. The maximum Gasteiger partial charge on any atom is 0.337 e. The SMILES string of the molecule is CC(C)c1nc(Cl)c2cccc(C(=O)O)c2n1. The number of carboxylic acids is 1. The minimum Gasteiger partial charge on any atom is -0.478 e. The van der Waals surface area contributed by atoms with Gasteiger partial charge in [-0.05, 0) is 12.1 Å². The summed E-state index contributed by atoms with van der Waals surface area (Å²) in [5.41, 5.74) is 0.539. The van der Waals surface area contributed by atoms with Crippen molar-refractivity contribution >= 4 is 28.5 Å². The molecule has 0 atom stereocenters. The van der Waals surface area contributed by atoms with Crippen molar-refractivity contribution in [3.05, 3.63) is 34.7 Å². The second kappa shape index (κ2) is 4.30. The monoisotopic (exact) mass is 250 g/mol. The van der Waals surface area contributed by atoms with Gasteiger partial charge >= 0.3 is 5.97 Å². The molecule has 0 aliphatic carbocycles. The number of hydrogen-bond acceptors (Lipinski definition) is 3. The molecule has 2 rings (SSSR count). The first kappa shape index (κ1) is 11.8. The number of benzene rings is 1. The summed E-state index contributed by atoms with van der Waals surface area (Å²) in [6.45, 7) is 3.86. The van der Waals surface area contributed by atoms with Crippen molar-refractivity contribution in [2.24, 2.45) is 0 Å². The van der Waals surface area contributed by atoms with Crippen LogP contribution in [0.25, 0.3) is 10.9 Å². The van der Waals surface area contributed by atoms with Crippen molar-refractivity contribution in [2.45, 2.75) is 19.8 Å². The highest BCUT2D eigenvalue weighted by molar-refractivity contribution is 6.34. The maximum absolute atomic E-state index is 11.1. The minimum atomic E-state index is -1.01. The van der Waals surface area contributed by atoms with Crippen molar-refractivity contribution in [2.75, 3.05) is 0 Å². The van der Waals surface area contributed by atoms with Crippen LogP contribution in [0.4, 0.5) is 0 Å². The van der Waals surface area contributed by atoms with Crippen LogP contribution >= 0.6 is 11.6 Å². The Morgan fingerprint density at radius 3 is 2.65 bits per heavy atom. The van der Waals surface area contributed by atoms with Gasteiger partial charge < -0.3 is 5.11 Å². The van der Waals surface area contributed by atoms with Crippen molar-refractivity contribution in [1.29, 1.82) is 0 Å². The fourth-order valence-electron chi connectivity index (χ4n) is 1.56. The number of fused-ring (bicyclic) bond motifs is 1. The fraction of sp³-hybridized carbons (Fsp3) is 0.250. The summed E-state index contributed by atoms with van der Waals surface area (Å²) in [4.78, 5) is 19.5. The molecular formula is C12H11ClN2O2. The quantitative estimate of drug-likeness (QED) is 0.832. The van der Waals surface area contributed by atoms with Gasteiger partial charge in [-0.2, -0.15) is 0 Å². The van der Waals surface area contributed by atoms with E-state index in [9.17, 15) is 4.79 Å². The summed E-state index contributed by atoms with van der Waals surface area (Å²) in [7, 11) is 0. The second-order valence-electron chi connectivity index (χ2n) is 4.03. The van der Waals surface area contributed by atoms with Gasteiger partial charge in [-0.3, -0.25) is 0 Å². The standard InChI is InChI=1S/C12H11ClN2O2/c1-6(2)11-14-9-7(10(13)15-11)4-3-5-8(9)12(16)17/h3-6H,1-2H3,(H,16,17). The molecule has 1 heterocycles. The normalized spacial score (nSPS) is 11.1. The predicted octanol–water partition coefficient (Wildman–Crippen LogP) is 3.10. The molecule has 1 aromatic carbocycles. The molecule has 0 aliphatic heterocycles. The third kappa shape index (κ3) is 2.08. The Morgan fingerprint density at radius 1 is 1.35 bits per heavy atom. The van der Waals surface area contributed by atoms with Crippen molar-refractivity contribution in [1.82, 2.24) is 9.97 Å². The van der Waals surface area contributed by atoms with Gasteiger partial charge in [0.1, 0.15) is 11.0 Å². The van der Waals surface area contributed by atoms with Crippen LogP contribution in [0.2, 0.25) is 5.15 Å². The molecule has 4 nitrogen and oxygen atoms in total. The first-order valence-corrected chi connectivity index (χ1v) is 5.58. The van der Waals surface area contributed by atoms with E-state index in [1.807, 2.05) is 13.8 Å². The molecule has 88 valence electrons. The molecule has 0 saturated carbocycles.